The number of nitrogens with zero attached hydrogens (tertiary/aromatic N) is 1. The molecule has 2 aromatic rings. The van der Waals surface area contributed by atoms with Crippen LogP contribution in [-0.2, 0) is 22.6 Å². The third kappa shape index (κ3) is 6.25. The van der Waals surface area contributed by atoms with Crippen LogP contribution in [0.15, 0.2) is 61.2 Å². The van der Waals surface area contributed by atoms with Crippen LogP contribution in [0.25, 0.3) is 0 Å². The van der Waals surface area contributed by atoms with Gasteiger partial charge >= 0.3 is 0 Å². The molecule has 6 heteroatoms. The number of carbonyl (C=O) groups is 2. The molecular formula is C22H26N2O4. The third-order valence-corrected chi connectivity index (χ3v) is 4.27. The predicted molar refractivity (Wildman–Crippen MR) is 109 cm³/mol. The topological polar surface area (TPSA) is 78.9 Å². The number of aliphatic hydroxyl groups excluding tert-OH is 1. The van der Waals surface area contributed by atoms with Crippen LogP contribution in [0.2, 0.25) is 0 Å². The molecule has 2 amide bonds. The van der Waals surface area contributed by atoms with Gasteiger partial charge in [0.1, 0.15) is 5.75 Å². The zero-order valence-corrected chi connectivity index (χ0v) is 16.1. The van der Waals surface area contributed by atoms with Gasteiger partial charge in [-0.25, -0.2) is 0 Å². The summed E-state index contributed by atoms with van der Waals surface area (Å²) in [6.07, 6.45) is 1.84. The Labute approximate surface area is 165 Å². The molecule has 2 aromatic carbocycles. The second kappa shape index (κ2) is 10.9. The molecule has 0 aromatic heterocycles. The molecule has 28 heavy (non-hydrogen) atoms. The number of methoxy groups -OCH3 is 1. The molecule has 0 spiro atoms. The van der Waals surface area contributed by atoms with E-state index >= 15 is 0 Å². The number of amides is 2. The van der Waals surface area contributed by atoms with E-state index in [1.807, 2.05) is 36.4 Å². The van der Waals surface area contributed by atoms with Crippen molar-refractivity contribution in [3.8, 4) is 5.75 Å². The maximum atomic E-state index is 12.9. The van der Waals surface area contributed by atoms with E-state index in [-0.39, 0.29) is 24.8 Å². The van der Waals surface area contributed by atoms with E-state index in [4.69, 9.17) is 4.74 Å². The lowest BCUT2D eigenvalue weighted by Crippen LogP contribution is -2.33. The minimum absolute atomic E-state index is 0.0123. The van der Waals surface area contributed by atoms with E-state index in [0.717, 1.165) is 16.9 Å². The molecule has 0 aliphatic carbocycles. The molecule has 6 nitrogen and oxygen atoms in total. The first-order valence-corrected chi connectivity index (χ1v) is 9.10. The van der Waals surface area contributed by atoms with Crippen molar-refractivity contribution in [2.24, 2.45) is 0 Å². The number of anilines is 1. The van der Waals surface area contributed by atoms with Crippen LogP contribution < -0.4 is 10.1 Å². The first kappa shape index (κ1) is 21.2. The maximum absolute atomic E-state index is 12.9. The van der Waals surface area contributed by atoms with E-state index in [1.165, 1.54) is 6.08 Å². The van der Waals surface area contributed by atoms with Gasteiger partial charge in [0.2, 0.25) is 11.8 Å². The summed E-state index contributed by atoms with van der Waals surface area (Å²) in [7, 11) is 1.61. The summed E-state index contributed by atoms with van der Waals surface area (Å²) >= 11 is 0. The van der Waals surface area contributed by atoms with Crippen molar-refractivity contribution in [3.63, 3.8) is 0 Å². The Morgan fingerprint density at radius 1 is 1.18 bits per heavy atom. The van der Waals surface area contributed by atoms with Crippen molar-refractivity contribution in [2.75, 3.05) is 25.6 Å². The van der Waals surface area contributed by atoms with Crippen LogP contribution in [0.4, 0.5) is 5.69 Å². The fourth-order valence-electron chi connectivity index (χ4n) is 2.76. The summed E-state index contributed by atoms with van der Waals surface area (Å²) in [4.78, 5) is 26.3. The zero-order chi connectivity index (χ0) is 20.4. The lowest BCUT2D eigenvalue weighted by atomic mass is 10.1. The van der Waals surface area contributed by atoms with Gasteiger partial charge in [0.05, 0.1) is 13.5 Å². The van der Waals surface area contributed by atoms with Gasteiger partial charge in [0, 0.05) is 25.4 Å². The standard InChI is InChI=1S/C22H26N2O4/c1-3-21(26)23-20-8-5-4-7-18(20)15-22(27)24(13-6-14-25)16-17-9-11-19(28-2)12-10-17/h3-5,7-12,25H,1,6,13-16H2,2H3,(H,23,26). The minimum Gasteiger partial charge on any atom is -0.497 e. The van der Waals surface area contributed by atoms with E-state index in [1.54, 1.807) is 24.1 Å². The highest BCUT2D eigenvalue weighted by atomic mass is 16.5. The number of hydrogen-bond donors (Lipinski definition) is 2. The Balaban J connectivity index is 2.14. The van der Waals surface area contributed by atoms with Gasteiger partial charge in [-0.1, -0.05) is 36.9 Å². The highest BCUT2D eigenvalue weighted by Crippen LogP contribution is 2.18. The van der Waals surface area contributed by atoms with Gasteiger partial charge in [-0.3, -0.25) is 9.59 Å². The van der Waals surface area contributed by atoms with Gasteiger partial charge < -0.3 is 20.1 Å². The normalized spacial score (nSPS) is 10.2. The molecule has 2 N–H and O–H groups in total. The van der Waals surface area contributed by atoms with Crippen LogP contribution in [-0.4, -0.2) is 42.1 Å². The Hall–Kier alpha value is -3.12. The van der Waals surface area contributed by atoms with Gasteiger partial charge in [-0.15, -0.1) is 0 Å². The summed E-state index contributed by atoms with van der Waals surface area (Å²) in [5.74, 6) is 0.351. The Kier molecular flexibility index (Phi) is 8.24. The molecule has 0 aliphatic heterocycles. The first-order valence-electron chi connectivity index (χ1n) is 9.10. The average Bonchev–Trinajstić information content (AvgIpc) is 2.72. The van der Waals surface area contributed by atoms with E-state index < -0.39 is 0 Å². The van der Waals surface area contributed by atoms with Crippen LogP contribution in [0.5, 0.6) is 5.75 Å². The molecule has 0 fully saturated rings. The molecule has 0 saturated heterocycles. The minimum atomic E-state index is -0.324. The molecule has 148 valence electrons. The lowest BCUT2D eigenvalue weighted by Gasteiger charge is -2.23. The molecule has 0 saturated carbocycles. The van der Waals surface area contributed by atoms with Crippen LogP contribution in [0, 0.1) is 0 Å². The van der Waals surface area contributed by atoms with E-state index in [0.29, 0.717) is 25.2 Å². The molecule has 0 heterocycles. The highest BCUT2D eigenvalue weighted by molar-refractivity contribution is 5.99. The Bertz CT molecular complexity index is 802. The summed E-state index contributed by atoms with van der Waals surface area (Å²) in [6.45, 7) is 4.34. The first-order chi connectivity index (χ1) is 13.6. The average molecular weight is 382 g/mol. The number of ether oxygens (including phenoxy) is 1. The fourth-order valence-corrected chi connectivity index (χ4v) is 2.76. The molecule has 0 radical (unpaired) electrons. The second-order valence-electron chi connectivity index (χ2n) is 6.27. The maximum Gasteiger partial charge on any atom is 0.247 e. The van der Waals surface area contributed by atoms with Crippen molar-refractivity contribution in [3.05, 3.63) is 72.3 Å². The molecule has 0 aliphatic rings. The van der Waals surface area contributed by atoms with E-state index in [9.17, 15) is 14.7 Å². The Morgan fingerprint density at radius 2 is 1.89 bits per heavy atom. The number of aliphatic hydroxyl groups is 1. The van der Waals surface area contributed by atoms with Crippen LogP contribution in [0.1, 0.15) is 17.5 Å². The molecular weight excluding hydrogens is 356 g/mol. The third-order valence-electron chi connectivity index (χ3n) is 4.27. The van der Waals surface area contributed by atoms with E-state index in [2.05, 4.69) is 11.9 Å². The van der Waals surface area contributed by atoms with Gasteiger partial charge in [-0.2, -0.15) is 0 Å². The number of para-hydroxylation sites is 1. The molecule has 0 bridgehead atoms. The highest BCUT2D eigenvalue weighted by Gasteiger charge is 2.16. The number of rotatable bonds is 10. The fraction of sp³-hybridized carbons (Fsp3) is 0.273. The second-order valence-corrected chi connectivity index (χ2v) is 6.27. The number of benzene rings is 2. The summed E-state index contributed by atoms with van der Waals surface area (Å²) in [6, 6.07) is 14.7. The zero-order valence-electron chi connectivity index (χ0n) is 16.1. The van der Waals surface area contributed by atoms with Gasteiger partial charge in [0.15, 0.2) is 0 Å². The van der Waals surface area contributed by atoms with Gasteiger partial charge in [0.25, 0.3) is 0 Å². The summed E-state index contributed by atoms with van der Waals surface area (Å²) < 4.78 is 5.16. The SMILES string of the molecule is C=CC(=O)Nc1ccccc1CC(=O)N(CCCO)Cc1ccc(OC)cc1. The van der Waals surface area contributed by atoms with Gasteiger partial charge in [-0.05, 0) is 41.8 Å². The van der Waals surface area contributed by atoms with Crippen molar-refractivity contribution in [1.29, 1.82) is 0 Å². The predicted octanol–water partition coefficient (Wildman–Crippen LogP) is 2.77. The number of hydrogen-bond acceptors (Lipinski definition) is 4. The van der Waals surface area contributed by atoms with Crippen molar-refractivity contribution in [1.82, 2.24) is 4.90 Å². The number of carbonyl (C=O) groups excluding carboxylic acids is 2. The number of nitrogens with one attached hydrogen (secondary N) is 1. The molecule has 0 atom stereocenters. The largest absolute Gasteiger partial charge is 0.497 e. The van der Waals surface area contributed by atoms with Crippen molar-refractivity contribution in [2.45, 2.75) is 19.4 Å². The van der Waals surface area contributed by atoms with Crippen molar-refractivity contribution >= 4 is 17.5 Å². The smallest absolute Gasteiger partial charge is 0.247 e. The monoisotopic (exact) mass is 382 g/mol. The van der Waals surface area contributed by atoms with Crippen LogP contribution in [0.3, 0.4) is 0 Å². The van der Waals surface area contributed by atoms with Crippen molar-refractivity contribution < 1.29 is 19.4 Å². The quantitative estimate of drug-likeness (QED) is 0.620. The summed E-state index contributed by atoms with van der Waals surface area (Å²) in [5, 5.41) is 11.9. The molecule has 2 rings (SSSR count). The lowest BCUT2D eigenvalue weighted by molar-refractivity contribution is -0.131. The summed E-state index contributed by atoms with van der Waals surface area (Å²) in [5.41, 5.74) is 2.29. The Morgan fingerprint density at radius 3 is 2.54 bits per heavy atom. The molecule has 0 unspecified atom stereocenters. The van der Waals surface area contributed by atoms with Crippen LogP contribution >= 0.6 is 0 Å².